The minimum absolute atomic E-state index is 0.138. The molecule has 0 bridgehead atoms. The Kier molecular flexibility index (Phi) is 4.93. The normalized spacial score (nSPS) is 10.3. The second-order valence-corrected chi connectivity index (χ2v) is 4.89. The molecule has 0 spiro atoms. The summed E-state index contributed by atoms with van der Waals surface area (Å²) in [4.78, 5) is 24.0. The van der Waals surface area contributed by atoms with Crippen molar-refractivity contribution in [1.29, 1.82) is 0 Å². The summed E-state index contributed by atoms with van der Waals surface area (Å²) in [5.74, 6) is 0.267. The van der Waals surface area contributed by atoms with Gasteiger partial charge in [0.25, 0.3) is 5.56 Å². The maximum Gasteiger partial charge on any atom is 0.267 e. The van der Waals surface area contributed by atoms with Gasteiger partial charge < -0.3 is 10.1 Å². The highest BCUT2D eigenvalue weighted by molar-refractivity contribution is 5.92. The predicted molar refractivity (Wildman–Crippen MR) is 84.2 cm³/mol. The lowest BCUT2D eigenvalue weighted by molar-refractivity contribution is -0.117. The summed E-state index contributed by atoms with van der Waals surface area (Å²) in [5.41, 5.74) is 1.81. The largest absolute Gasteiger partial charge is 0.492 e. The molecule has 0 saturated carbocycles. The number of aromatic nitrogens is 2. The van der Waals surface area contributed by atoms with Gasteiger partial charge in [-0.2, -0.15) is 5.10 Å². The van der Waals surface area contributed by atoms with Crippen molar-refractivity contribution < 1.29 is 9.53 Å². The Bertz CT molecular complexity index is 738. The van der Waals surface area contributed by atoms with E-state index in [2.05, 4.69) is 10.4 Å². The van der Waals surface area contributed by atoms with Crippen molar-refractivity contribution in [1.82, 2.24) is 9.78 Å². The number of hydrogen-bond acceptors (Lipinski definition) is 4. The van der Waals surface area contributed by atoms with Gasteiger partial charge >= 0.3 is 0 Å². The third-order valence-electron chi connectivity index (χ3n) is 3.19. The molecule has 0 atom stereocenters. The number of rotatable bonds is 5. The average molecular weight is 301 g/mol. The van der Waals surface area contributed by atoms with E-state index in [1.54, 1.807) is 25.1 Å². The first-order valence-corrected chi connectivity index (χ1v) is 7.08. The Morgan fingerprint density at radius 2 is 2.05 bits per heavy atom. The van der Waals surface area contributed by atoms with E-state index in [1.165, 1.54) is 6.07 Å². The summed E-state index contributed by atoms with van der Waals surface area (Å²) in [7, 11) is 0. The Hall–Kier alpha value is -2.63. The van der Waals surface area contributed by atoms with E-state index >= 15 is 0 Å². The number of benzene rings is 1. The van der Waals surface area contributed by atoms with Crippen LogP contribution in [0.5, 0.6) is 5.75 Å². The van der Waals surface area contributed by atoms with Crippen LogP contribution in [0.15, 0.2) is 35.1 Å². The number of aryl methyl sites for hydroxylation is 2. The molecule has 1 amide bonds. The maximum atomic E-state index is 12.1. The highest BCUT2D eigenvalue weighted by Gasteiger charge is 2.10. The SMILES string of the molecule is CCOc1ccccc1NC(=O)Cn1nc(C)c(C)cc1=O. The lowest BCUT2D eigenvalue weighted by Crippen LogP contribution is -2.30. The molecular formula is C16H19N3O3. The summed E-state index contributed by atoms with van der Waals surface area (Å²) in [6.07, 6.45) is 0. The first kappa shape index (κ1) is 15.8. The van der Waals surface area contributed by atoms with Gasteiger partial charge in [0.15, 0.2) is 0 Å². The number of anilines is 1. The van der Waals surface area contributed by atoms with E-state index < -0.39 is 0 Å². The average Bonchev–Trinajstić information content (AvgIpc) is 2.47. The zero-order valence-electron chi connectivity index (χ0n) is 12.9. The molecule has 0 radical (unpaired) electrons. The summed E-state index contributed by atoms with van der Waals surface area (Å²) >= 11 is 0. The van der Waals surface area contributed by atoms with E-state index in [-0.39, 0.29) is 18.0 Å². The zero-order chi connectivity index (χ0) is 16.1. The first-order valence-electron chi connectivity index (χ1n) is 7.08. The topological polar surface area (TPSA) is 73.2 Å². The van der Waals surface area contributed by atoms with Crippen LogP contribution in [0.4, 0.5) is 5.69 Å². The van der Waals surface area contributed by atoms with Crippen molar-refractivity contribution in [3.63, 3.8) is 0 Å². The minimum atomic E-state index is -0.329. The Balaban J connectivity index is 2.14. The summed E-state index contributed by atoms with van der Waals surface area (Å²) in [6, 6.07) is 8.64. The smallest absolute Gasteiger partial charge is 0.267 e. The number of carbonyl (C=O) groups is 1. The van der Waals surface area contributed by atoms with Gasteiger partial charge in [0.2, 0.25) is 5.91 Å². The molecule has 0 saturated heterocycles. The summed E-state index contributed by atoms with van der Waals surface area (Å²) in [5, 5.41) is 6.87. The molecule has 6 nitrogen and oxygen atoms in total. The van der Waals surface area contributed by atoms with Gasteiger partial charge in [-0.15, -0.1) is 0 Å². The molecule has 1 heterocycles. The minimum Gasteiger partial charge on any atom is -0.492 e. The van der Waals surface area contributed by atoms with Crippen LogP contribution in [0.25, 0.3) is 0 Å². The monoisotopic (exact) mass is 301 g/mol. The van der Waals surface area contributed by atoms with Gasteiger partial charge in [-0.05, 0) is 38.5 Å². The van der Waals surface area contributed by atoms with Crippen LogP contribution in [0.3, 0.4) is 0 Å². The second-order valence-electron chi connectivity index (χ2n) is 4.89. The maximum absolute atomic E-state index is 12.1. The van der Waals surface area contributed by atoms with Crippen molar-refractivity contribution in [3.05, 3.63) is 51.9 Å². The highest BCUT2D eigenvalue weighted by Crippen LogP contribution is 2.23. The standard InChI is InChI=1S/C16H19N3O3/c1-4-22-14-8-6-5-7-13(14)17-15(20)10-19-16(21)9-11(2)12(3)18-19/h5-9H,4,10H2,1-3H3,(H,17,20). The van der Waals surface area contributed by atoms with E-state index in [0.29, 0.717) is 18.0 Å². The van der Waals surface area contributed by atoms with Crippen molar-refractivity contribution >= 4 is 11.6 Å². The first-order chi connectivity index (χ1) is 10.5. The van der Waals surface area contributed by atoms with Crippen LogP contribution in [-0.2, 0) is 11.3 Å². The van der Waals surface area contributed by atoms with Crippen molar-refractivity contribution in [3.8, 4) is 5.75 Å². The van der Waals surface area contributed by atoms with Crippen molar-refractivity contribution in [2.45, 2.75) is 27.3 Å². The molecule has 0 unspecified atom stereocenters. The zero-order valence-corrected chi connectivity index (χ0v) is 12.9. The van der Waals surface area contributed by atoms with Crippen LogP contribution in [-0.4, -0.2) is 22.3 Å². The fraction of sp³-hybridized carbons (Fsp3) is 0.312. The molecule has 0 aliphatic rings. The number of para-hydroxylation sites is 2. The third kappa shape index (κ3) is 3.72. The van der Waals surface area contributed by atoms with E-state index in [1.807, 2.05) is 19.9 Å². The fourth-order valence-corrected chi connectivity index (χ4v) is 1.96. The molecule has 0 aliphatic carbocycles. The molecule has 6 heteroatoms. The molecule has 22 heavy (non-hydrogen) atoms. The van der Waals surface area contributed by atoms with Crippen molar-refractivity contribution in [2.24, 2.45) is 0 Å². The van der Waals surface area contributed by atoms with Gasteiger partial charge in [-0.3, -0.25) is 9.59 Å². The fourth-order valence-electron chi connectivity index (χ4n) is 1.96. The quantitative estimate of drug-likeness (QED) is 0.915. The molecule has 0 aliphatic heterocycles. The second kappa shape index (κ2) is 6.89. The number of ether oxygens (including phenoxy) is 1. The van der Waals surface area contributed by atoms with Gasteiger partial charge in [-0.1, -0.05) is 12.1 Å². The highest BCUT2D eigenvalue weighted by atomic mass is 16.5. The number of amides is 1. The van der Waals surface area contributed by atoms with Crippen LogP contribution in [0.1, 0.15) is 18.2 Å². The molecule has 2 aromatic rings. The van der Waals surface area contributed by atoms with Crippen LogP contribution in [0, 0.1) is 13.8 Å². The molecule has 2 rings (SSSR count). The van der Waals surface area contributed by atoms with E-state index in [9.17, 15) is 9.59 Å². The lowest BCUT2D eigenvalue weighted by atomic mass is 10.2. The summed E-state index contributed by atoms with van der Waals surface area (Å²) < 4.78 is 6.60. The lowest BCUT2D eigenvalue weighted by Gasteiger charge is -2.12. The number of nitrogens with zero attached hydrogens (tertiary/aromatic N) is 2. The van der Waals surface area contributed by atoms with Gasteiger partial charge in [0, 0.05) is 6.07 Å². The summed E-state index contributed by atoms with van der Waals surface area (Å²) in [6.45, 7) is 5.85. The van der Waals surface area contributed by atoms with E-state index in [0.717, 1.165) is 15.9 Å². The van der Waals surface area contributed by atoms with Crippen LogP contribution >= 0.6 is 0 Å². The molecular weight excluding hydrogens is 282 g/mol. The Labute approximate surface area is 128 Å². The van der Waals surface area contributed by atoms with Crippen LogP contribution < -0.4 is 15.6 Å². The molecule has 1 aromatic carbocycles. The number of hydrogen-bond donors (Lipinski definition) is 1. The van der Waals surface area contributed by atoms with E-state index in [4.69, 9.17) is 4.74 Å². The predicted octanol–water partition coefficient (Wildman–Crippen LogP) is 1.90. The molecule has 1 aromatic heterocycles. The van der Waals surface area contributed by atoms with Gasteiger partial charge in [0.05, 0.1) is 18.0 Å². The number of nitrogens with one attached hydrogen (secondary N) is 1. The Morgan fingerprint density at radius 3 is 2.77 bits per heavy atom. The molecule has 1 N–H and O–H groups in total. The molecule has 0 fully saturated rings. The van der Waals surface area contributed by atoms with Gasteiger partial charge in [0.1, 0.15) is 12.3 Å². The molecule has 116 valence electrons. The number of carbonyl (C=O) groups excluding carboxylic acids is 1. The van der Waals surface area contributed by atoms with Gasteiger partial charge in [-0.25, -0.2) is 4.68 Å². The third-order valence-corrected chi connectivity index (χ3v) is 3.19. The van der Waals surface area contributed by atoms with Crippen molar-refractivity contribution in [2.75, 3.05) is 11.9 Å². The van der Waals surface area contributed by atoms with Crippen LogP contribution in [0.2, 0.25) is 0 Å². The Morgan fingerprint density at radius 1 is 1.32 bits per heavy atom.